The van der Waals surface area contributed by atoms with Crippen molar-refractivity contribution in [3.05, 3.63) is 0 Å². The Balaban J connectivity index is 2.10. The first-order valence-corrected chi connectivity index (χ1v) is 7.79. The number of hydrogen-bond donors (Lipinski definition) is 1. The van der Waals surface area contributed by atoms with E-state index in [0.717, 1.165) is 32.6 Å². The lowest BCUT2D eigenvalue weighted by atomic mass is 9.90. The predicted octanol–water partition coefficient (Wildman–Crippen LogP) is 1.32. The van der Waals surface area contributed by atoms with E-state index in [1.165, 1.54) is 0 Å². The molecule has 20 heavy (non-hydrogen) atoms. The molecule has 0 saturated carbocycles. The van der Waals surface area contributed by atoms with Crippen LogP contribution in [0.5, 0.6) is 0 Å². The van der Waals surface area contributed by atoms with Gasteiger partial charge in [-0.25, -0.2) is 0 Å². The van der Waals surface area contributed by atoms with Gasteiger partial charge in [-0.3, -0.25) is 9.59 Å². The summed E-state index contributed by atoms with van der Waals surface area (Å²) in [4.78, 5) is 26.6. The van der Waals surface area contributed by atoms with Crippen LogP contribution in [-0.2, 0) is 14.3 Å². The largest absolute Gasteiger partial charge is 0.381 e. The molecule has 0 radical (unpaired) electrons. The minimum Gasteiger partial charge on any atom is -0.381 e. The molecule has 2 aliphatic heterocycles. The van der Waals surface area contributed by atoms with Crippen molar-refractivity contribution in [2.45, 2.75) is 51.5 Å². The fraction of sp³-hybridized carbons (Fsp3) is 0.867. The maximum atomic E-state index is 12.8. The van der Waals surface area contributed by atoms with E-state index < -0.39 is 5.54 Å². The molecule has 5 nitrogen and oxygen atoms in total. The molecule has 0 unspecified atom stereocenters. The molecule has 2 rings (SSSR count). The molecule has 0 bridgehead atoms. The third kappa shape index (κ3) is 3.14. The molecular weight excluding hydrogens is 256 g/mol. The Morgan fingerprint density at radius 1 is 1.25 bits per heavy atom. The van der Waals surface area contributed by atoms with E-state index >= 15 is 0 Å². The van der Waals surface area contributed by atoms with Gasteiger partial charge in [0.25, 0.3) is 0 Å². The van der Waals surface area contributed by atoms with Crippen LogP contribution in [0.25, 0.3) is 0 Å². The minimum atomic E-state index is -0.696. The van der Waals surface area contributed by atoms with E-state index in [9.17, 15) is 9.59 Å². The van der Waals surface area contributed by atoms with Crippen molar-refractivity contribution in [3.8, 4) is 0 Å². The van der Waals surface area contributed by atoms with Gasteiger partial charge in [-0.05, 0) is 31.6 Å². The normalized spacial score (nSPS) is 24.4. The average molecular weight is 282 g/mol. The Bertz CT molecular complexity index is 360. The van der Waals surface area contributed by atoms with Crippen molar-refractivity contribution in [2.24, 2.45) is 5.92 Å². The molecule has 0 aromatic carbocycles. The monoisotopic (exact) mass is 282 g/mol. The highest BCUT2D eigenvalue weighted by molar-refractivity contribution is 5.93. The van der Waals surface area contributed by atoms with Gasteiger partial charge in [0, 0.05) is 32.7 Å². The molecule has 0 spiro atoms. The molecular formula is C15H26N2O3. The number of ether oxygens (including phenoxy) is 1. The maximum absolute atomic E-state index is 12.8. The molecule has 114 valence electrons. The van der Waals surface area contributed by atoms with Crippen molar-refractivity contribution in [2.75, 3.05) is 26.3 Å². The van der Waals surface area contributed by atoms with Gasteiger partial charge in [-0.1, -0.05) is 13.8 Å². The van der Waals surface area contributed by atoms with Crippen LogP contribution in [0.15, 0.2) is 0 Å². The van der Waals surface area contributed by atoms with Crippen LogP contribution in [-0.4, -0.2) is 48.6 Å². The molecule has 2 saturated heterocycles. The van der Waals surface area contributed by atoms with Crippen molar-refractivity contribution in [3.63, 3.8) is 0 Å². The van der Waals surface area contributed by atoms with E-state index in [1.54, 1.807) is 0 Å². The zero-order valence-electron chi connectivity index (χ0n) is 12.6. The number of hydrogen-bond acceptors (Lipinski definition) is 3. The van der Waals surface area contributed by atoms with Gasteiger partial charge < -0.3 is 15.0 Å². The highest BCUT2D eigenvalue weighted by atomic mass is 16.5. The first-order valence-electron chi connectivity index (χ1n) is 7.79. The van der Waals surface area contributed by atoms with E-state index in [-0.39, 0.29) is 11.8 Å². The van der Waals surface area contributed by atoms with Gasteiger partial charge in [0.15, 0.2) is 0 Å². The first-order chi connectivity index (χ1) is 9.61. The average Bonchev–Trinajstić information content (AvgIpc) is 2.60. The minimum absolute atomic E-state index is 0.00322. The van der Waals surface area contributed by atoms with Crippen LogP contribution in [0.4, 0.5) is 0 Å². The molecule has 0 aliphatic carbocycles. The second kappa shape index (κ2) is 6.57. The van der Waals surface area contributed by atoms with E-state index in [4.69, 9.17) is 4.74 Å². The van der Waals surface area contributed by atoms with Crippen molar-refractivity contribution in [1.82, 2.24) is 10.2 Å². The number of nitrogens with one attached hydrogen (secondary N) is 1. The second-order valence-electron chi connectivity index (χ2n) is 5.89. The number of rotatable bonds is 4. The Morgan fingerprint density at radius 3 is 2.50 bits per heavy atom. The van der Waals surface area contributed by atoms with Crippen molar-refractivity contribution in [1.29, 1.82) is 0 Å². The van der Waals surface area contributed by atoms with Crippen LogP contribution in [0, 0.1) is 5.92 Å². The number of nitrogens with zero attached hydrogens (tertiary/aromatic N) is 1. The summed E-state index contributed by atoms with van der Waals surface area (Å²) in [6.45, 7) is 6.83. The number of amides is 2. The summed E-state index contributed by atoms with van der Waals surface area (Å²) >= 11 is 0. The Morgan fingerprint density at radius 2 is 1.90 bits per heavy atom. The maximum Gasteiger partial charge on any atom is 0.248 e. The fourth-order valence-corrected chi connectivity index (χ4v) is 3.17. The van der Waals surface area contributed by atoms with Gasteiger partial charge >= 0.3 is 0 Å². The van der Waals surface area contributed by atoms with E-state index in [0.29, 0.717) is 31.7 Å². The summed E-state index contributed by atoms with van der Waals surface area (Å²) in [5.74, 6) is 0.601. The Hall–Kier alpha value is -1.10. The zero-order valence-corrected chi connectivity index (χ0v) is 12.6. The van der Waals surface area contributed by atoms with Gasteiger partial charge in [0.2, 0.25) is 11.8 Å². The SMILES string of the molecule is CCC1(CC)NC(=O)CCN(CC2CCOCC2)C1=O. The highest BCUT2D eigenvalue weighted by Crippen LogP contribution is 2.24. The smallest absolute Gasteiger partial charge is 0.248 e. The van der Waals surface area contributed by atoms with Crippen molar-refractivity contribution < 1.29 is 14.3 Å². The third-order valence-electron chi connectivity index (χ3n) is 4.71. The summed E-state index contributed by atoms with van der Waals surface area (Å²) in [5.41, 5.74) is -0.696. The van der Waals surface area contributed by atoms with Gasteiger partial charge in [-0.2, -0.15) is 0 Å². The summed E-state index contributed by atoms with van der Waals surface area (Å²) < 4.78 is 5.37. The summed E-state index contributed by atoms with van der Waals surface area (Å²) in [5, 5.41) is 2.95. The molecule has 0 aromatic heterocycles. The molecule has 2 heterocycles. The topological polar surface area (TPSA) is 58.6 Å². The fourth-order valence-electron chi connectivity index (χ4n) is 3.17. The first kappa shape index (κ1) is 15.3. The summed E-state index contributed by atoms with van der Waals surface area (Å²) in [7, 11) is 0. The second-order valence-corrected chi connectivity index (χ2v) is 5.89. The molecule has 5 heteroatoms. The Labute approximate surface area is 121 Å². The third-order valence-corrected chi connectivity index (χ3v) is 4.71. The molecule has 2 amide bonds. The van der Waals surface area contributed by atoms with Crippen LogP contribution in [0.1, 0.15) is 46.0 Å². The predicted molar refractivity (Wildman–Crippen MR) is 76.2 cm³/mol. The van der Waals surface area contributed by atoms with E-state index in [2.05, 4.69) is 5.32 Å². The van der Waals surface area contributed by atoms with Gasteiger partial charge in [0.05, 0.1) is 0 Å². The number of carbonyl (C=O) groups is 2. The lowest BCUT2D eigenvalue weighted by molar-refractivity contribution is -0.140. The van der Waals surface area contributed by atoms with Crippen LogP contribution >= 0.6 is 0 Å². The molecule has 0 atom stereocenters. The van der Waals surface area contributed by atoms with Crippen molar-refractivity contribution >= 4 is 11.8 Å². The standard InChI is InChI=1S/C15H26N2O3/c1-3-15(4-2)14(19)17(8-5-13(18)16-15)11-12-6-9-20-10-7-12/h12H,3-11H2,1-2H3,(H,16,18). The molecule has 2 fully saturated rings. The summed E-state index contributed by atoms with van der Waals surface area (Å²) in [6.07, 6.45) is 3.74. The molecule has 2 aliphatic rings. The van der Waals surface area contributed by atoms with Gasteiger partial charge in [-0.15, -0.1) is 0 Å². The molecule has 1 N–H and O–H groups in total. The quantitative estimate of drug-likeness (QED) is 0.846. The highest BCUT2D eigenvalue weighted by Gasteiger charge is 2.42. The Kier molecular flexibility index (Phi) is 5.02. The number of carbonyl (C=O) groups excluding carboxylic acids is 2. The molecule has 0 aromatic rings. The zero-order chi connectivity index (χ0) is 14.6. The van der Waals surface area contributed by atoms with Crippen LogP contribution < -0.4 is 5.32 Å². The lowest BCUT2D eigenvalue weighted by Crippen LogP contribution is -2.57. The summed E-state index contributed by atoms with van der Waals surface area (Å²) in [6, 6.07) is 0. The van der Waals surface area contributed by atoms with E-state index in [1.807, 2.05) is 18.7 Å². The van der Waals surface area contributed by atoms with Crippen LogP contribution in [0.3, 0.4) is 0 Å². The lowest BCUT2D eigenvalue weighted by Gasteiger charge is -2.36. The van der Waals surface area contributed by atoms with Crippen LogP contribution in [0.2, 0.25) is 0 Å². The van der Waals surface area contributed by atoms with Gasteiger partial charge in [0.1, 0.15) is 5.54 Å².